The number of hydrogen-bond acceptors (Lipinski definition) is 5. The van der Waals surface area contributed by atoms with Crippen LogP contribution in [0.4, 0.5) is 5.69 Å². The number of imide groups is 1. The predicted molar refractivity (Wildman–Crippen MR) is 133 cm³/mol. The highest BCUT2D eigenvalue weighted by molar-refractivity contribution is 6.30. The highest BCUT2D eigenvalue weighted by Crippen LogP contribution is 2.56. The van der Waals surface area contributed by atoms with Gasteiger partial charge < -0.3 is 5.11 Å². The number of amides is 2. The van der Waals surface area contributed by atoms with Crippen LogP contribution in [0.15, 0.2) is 83.0 Å². The summed E-state index contributed by atoms with van der Waals surface area (Å²) in [7, 11) is 0. The molecular weight excluding hydrogens is 478 g/mol. The second kappa shape index (κ2) is 8.14. The minimum atomic E-state index is -0.729. The lowest BCUT2D eigenvalue weighted by Gasteiger charge is -2.42. The maximum atomic E-state index is 13.8. The topological polar surface area (TPSA) is 91.8 Å². The Kier molecular flexibility index (Phi) is 5.12. The molecule has 7 heteroatoms. The summed E-state index contributed by atoms with van der Waals surface area (Å²) in [4.78, 5) is 54.9. The molecule has 4 aliphatic rings. The number of carbonyl (C=O) groups excluding carboxylic acids is 4. The molecule has 2 aromatic rings. The summed E-state index contributed by atoms with van der Waals surface area (Å²) < 4.78 is 0. The standard InChI is InChI=1S/C29H22ClNO5/c1-14-11-23(33)21-13-19-17(24(26(21)27(14)34)20-12-15(30)7-10-22(20)32)8-9-18-25(19)29(36)31(28(18)35)16-5-3-2-4-6-16/h2-8,10-12,18-19,24-25,32H,9,13H2,1H3. The zero-order valence-corrected chi connectivity index (χ0v) is 20.2. The fourth-order valence-corrected chi connectivity index (χ4v) is 6.49. The lowest BCUT2D eigenvalue weighted by Crippen LogP contribution is -2.39. The van der Waals surface area contributed by atoms with Crippen LogP contribution in [-0.4, -0.2) is 28.5 Å². The van der Waals surface area contributed by atoms with Crippen LogP contribution in [0.3, 0.4) is 0 Å². The summed E-state index contributed by atoms with van der Waals surface area (Å²) in [5, 5.41) is 11.2. The van der Waals surface area contributed by atoms with Gasteiger partial charge in [0, 0.05) is 33.2 Å². The number of fused-ring (bicyclic) bond motifs is 3. The molecule has 0 bridgehead atoms. The highest BCUT2D eigenvalue weighted by atomic mass is 35.5. The van der Waals surface area contributed by atoms with Gasteiger partial charge in [-0.3, -0.25) is 24.1 Å². The van der Waals surface area contributed by atoms with Crippen LogP contribution in [0.2, 0.25) is 5.02 Å². The number of phenolic OH excluding ortho intramolecular Hbond substituents is 1. The molecule has 3 aliphatic carbocycles. The molecule has 2 aromatic carbocycles. The number of para-hydroxylation sites is 1. The van der Waals surface area contributed by atoms with Crippen molar-refractivity contribution < 1.29 is 24.3 Å². The molecule has 1 heterocycles. The van der Waals surface area contributed by atoms with Crippen LogP contribution in [0.25, 0.3) is 0 Å². The summed E-state index contributed by atoms with van der Waals surface area (Å²) in [6.07, 6.45) is 3.78. The summed E-state index contributed by atoms with van der Waals surface area (Å²) in [5.74, 6) is -3.53. The highest BCUT2D eigenvalue weighted by Gasteiger charge is 2.56. The number of nitrogens with zero attached hydrogens (tertiary/aromatic N) is 1. The first-order valence-electron chi connectivity index (χ1n) is 11.9. The second-order valence-electron chi connectivity index (χ2n) is 9.78. The lowest BCUT2D eigenvalue weighted by molar-refractivity contribution is -0.123. The van der Waals surface area contributed by atoms with Crippen molar-refractivity contribution in [1.82, 2.24) is 0 Å². The van der Waals surface area contributed by atoms with E-state index >= 15 is 0 Å². The largest absolute Gasteiger partial charge is 0.508 e. The van der Waals surface area contributed by atoms with Crippen molar-refractivity contribution in [1.29, 1.82) is 0 Å². The van der Waals surface area contributed by atoms with Crippen LogP contribution in [0.5, 0.6) is 5.75 Å². The SMILES string of the molecule is CC1=CC(=O)C2=C(C1=O)C(c1cc(Cl)ccc1O)C1=CCC3C(=O)N(c4ccccc4)C(=O)C3C1C2. The van der Waals surface area contributed by atoms with Crippen molar-refractivity contribution in [3.8, 4) is 5.75 Å². The Morgan fingerprint density at radius 3 is 2.47 bits per heavy atom. The summed E-state index contributed by atoms with van der Waals surface area (Å²) >= 11 is 6.28. The van der Waals surface area contributed by atoms with E-state index in [1.54, 1.807) is 43.3 Å². The van der Waals surface area contributed by atoms with Crippen molar-refractivity contribution in [3.05, 3.63) is 93.6 Å². The minimum Gasteiger partial charge on any atom is -0.508 e. The molecule has 0 spiro atoms. The summed E-state index contributed by atoms with van der Waals surface area (Å²) in [6.45, 7) is 1.60. The molecule has 4 unspecified atom stereocenters. The fourth-order valence-electron chi connectivity index (χ4n) is 6.30. The number of rotatable bonds is 2. The first-order valence-corrected chi connectivity index (χ1v) is 12.3. The van der Waals surface area contributed by atoms with Crippen molar-refractivity contribution in [2.75, 3.05) is 4.90 Å². The molecule has 0 saturated carbocycles. The molecule has 1 N–H and O–H groups in total. The van der Waals surface area contributed by atoms with Gasteiger partial charge in [-0.15, -0.1) is 0 Å². The number of benzene rings is 2. The molecular formula is C29H22ClNO5. The Balaban J connectivity index is 1.52. The third kappa shape index (κ3) is 3.17. The summed E-state index contributed by atoms with van der Waals surface area (Å²) in [5.41, 5.74) is 2.72. The van der Waals surface area contributed by atoms with Crippen LogP contribution in [0, 0.1) is 17.8 Å². The van der Waals surface area contributed by atoms with Gasteiger partial charge in [-0.1, -0.05) is 41.4 Å². The molecule has 2 amide bonds. The number of phenols is 1. The Hall–Kier alpha value is -3.77. The second-order valence-corrected chi connectivity index (χ2v) is 10.2. The fraction of sp³-hybridized carbons (Fsp3) is 0.241. The van der Waals surface area contributed by atoms with Gasteiger partial charge in [0.1, 0.15) is 5.75 Å². The molecule has 0 aromatic heterocycles. The summed E-state index contributed by atoms with van der Waals surface area (Å²) in [6, 6.07) is 13.4. The molecule has 1 aliphatic heterocycles. The third-order valence-corrected chi connectivity index (χ3v) is 8.11. The van der Waals surface area contributed by atoms with Gasteiger partial charge in [-0.25, -0.2) is 0 Å². The van der Waals surface area contributed by atoms with Crippen molar-refractivity contribution >= 4 is 40.7 Å². The van der Waals surface area contributed by atoms with Gasteiger partial charge in [-0.05, 0) is 62.1 Å². The Morgan fingerprint density at radius 1 is 0.972 bits per heavy atom. The van der Waals surface area contributed by atoms with E-state index in [0.29, 0.717) is 39.4 Å². The predicted octanol–water partition coefficient (Wildman–Crippen LogP) is 4.68. The van der Waals surface area contributed by atoms with E-state index in [9.17, 15) is 24.3 Å². The van der Waals surface area contributed by atoms with Gasteiger partial charge in [0.2, 0.25) is 11.8 Å². The van der Waals surface area contributed by atoms with Crippen LogP contribution >= 0.6 is 11.6 Å². The van der Waals surface area contributed by atoms with E-state index < -0.39 is 23.7 Å². The number of Topliss-reactive ketones (excluding diaryl/α,β-unsaturated/α-hetero) is 1. The van der Waals surface area contributed by atoms with Gasteiger partial charge >= 0.3 is 0 Å². The van der Waals surface area contributed by atoms with Crippen molar-refractivity contribution in [2.45, 2.75) is 25.7 Å². The maximum absolute atomic E-state index is 13.8. The van der Waals surface area contributed by atoms with Crippen molar-refractivity contribution in [2.24, 2.45) is 17.8 Å². The van der Waals surface area contributed by atoms with E-state index in [2.05, 4.69) is 0 Å². The van der Waals surface area contributed by atoms with E-state index in [1.807, 2.05) is 12.1 Å². The van der Waals surface area contributed by atoms with Crippen LogP contribution in [-0.2, 0) is 19.2 Å². The third-order valence-electron chi connectivity index (χ3n) is 7.88. The average molecular weight is 500 g/mol. The molecule has 1 saturated heterocycles. The Labute approximate surface area is 212 Å². The van der Waals surface area contributed by atoms with Crippen LogP contribution < -0.4 is 4.90 Å². The minimum absolute atomic E-state index is 0.0490. The van der Waals surface area contributed by atoms with Crippen LogP contribution in [0.1, 0.15) is 31.2 Å². The van der Waals surface area contributed by atoms with E-state index in [0.717, 1.165) is 5.57 Å². The Morgan fingerprint density at radius 2 is 1.72 bits per heavy atom. The number of carbonyl (C=O) groups is 4. The molecule has 4 atom stereocenters. The van der Waals surface area contributed by atoms with Gasteiger partial charge in [-0.2, -0.15) is 0 Å². The first kappa shape index (κ1) is 22.7. The number of allylic oxidation sites excluding steroid dienone is 6. The first-order chi connectivity index (χ1) is 17.3. The molecule has 1 fully saturated rings. The number of aromatic hydroxyl groups is 1. The van der Waals surface area contributed by atoms with Gasteiger partial charge in [0.05, 0.1) is 17.5 Å². The molecule has 36 heavy (non-hydrogen) atoms. The quantitative estimate of drug-likeness (QED) is 0.368. The zero-order chi connectivity index (χ0) is 25.3. The van der Waals surface area contributed by atoms with E-state index in [1.165, 1.54) is 17.0 Å². The zero-order valence-electron chi connectivity index (χ0n) is 19.4. The maximum Gasteiger partial charge on any atom is 0.238 e. The van der Waals surface area contributed by atoms with E-state index in [4.69, 9.17) is 11.6 Å². The number of hydrogen-bond donors (Lipinski definition) is 1. The van der Waals surface area contributed by atoms with Gasteiger partial charge in [0.25, 0.3) is 0 Å². The average Bonchev–Trinajstić information content (AvgIpc) is 3.13. The smallest absolute Gasteiger partial charge is 0.238 e. The monoisotopic (exact) mass is 499 g/mol. The number of ketones is 2. The Bertz CT molecular complexity index is 1470. The van der Waals surface area contributed by atoms with E-state index in [-0.39, 0.29) is 35.6 Å². The number of anilines is 1. The molecule has 180 valence electrons. The molecule has 6 rings (SSSR count). The molecule has 6 nitrogen and oxygen atoms in total. The number of halogens is 1. The lowest BCUT2D eigenvalue weighted by atomic mass is 9.59. The van der Waals surface area contributed by atoms with Crippen molar-refractivity contribution in [3.63, 3.8) is 0 Å². The van der Waals surface area contributed by atoms with Gasteiger partial charge in [0.15, 0.2) is 11.6 Å². The molecule has 0 radical (unpaired) electrons. The normalized spacial score (nSPS) is 27.4.